The van der Waals surface area contributed by atoms with Crippen LogP contribution in [0.15, 0.2) is 48.5 Å². The molecule has 192 valence electrons. The molecule has 10 heteroatoms. The van der Waals surface area contributed by atoms with E-state index in [2.05, 4.69) is 16.0 Å². The Hall–Kier alpha value is -3.95. The molecule has 4 N–H and O–H groups in total. The molecule has 36 heavy (non-hydrogen) atoms. The van der Waals surface area contributed by atoms with E-state index in [9.17, 15) is 28.0 Å². The normalized spacial score (nSPS) is 12.4. The highest BCUT2D eigenvalue weighted by atomic mass is 19.1. The first-order chi connectivity index (χ1) is 17.1. The van der Waals surface area contributed by atoms with Gasteiger partial charge in [0.15, 0.2) is 5.78 Å². The molecule has 8 nitrogen and oxygen atoms in total. The molecular formula is C26H30F2N4O4. The Labute approximate surface area is 208 Å². The van der Waals surface area contributed by atoms with Gasteiger partial charge in [-0.25, -0.2) is 8.78 Å². The zero-order valence-corrected chi connectivity index (χ0v) is 20.1. The van der Waals surface area contributed by atoms with Crippen molar-refractivity contribution >= 4 is 29.7 Å². The molecule has 0 aliphatic heterocycles. The standard InChI is InChI=1S/C26H30F2N4O4/c1-16(2)24(34)32-23(13-18-5-3-4-6-21(18)28)26(36)31-22(12-11-20(33)14-29)25(35)30-15-17-7-9-19(27)10-8-17/h3-10,14,16,22-23,29H,11-13,15H2,1-2H3,(H,30,35)(H,31,36)(H,32,34)/t22-,23-/m0/s1. The van der Waals surface area contributed by atoms with Crippen LogP contribution in [0.1, 0.15) is 37.8 Å². The van der Waals surface area contributed by atoms with Gasteiger partial charge in [0.1, 0.15) is 23.7 Å². The second kappa shape index (κ2) is 13.8. The van der Waals surface area contributed by atoms with E-state index in [1.54, 1.807) is 19.9 Å². The smallest absolute Gasteiger partial charge is 0.243 e. The van der Waals surface area contributed by atoms with Crippen molar-refractivity contribution < 1.29 is 28.0 Å². The molecule has 0 radical (unpaired) electrons. The first-order valence-electron chi connectivity index (χ1n) is 11.5. The fourth-order valence-electron chi connectivity index (χ4n) is 3.25. The van der Waals surface area contributed by atoms with Crippen LogP contribution in [0.5, 0.6) is 0 Å². The maximum Gasteiger partial charge on any atom is 0.243 e. The van der Waals surface area contributed by atoms with Crippen LogP contribution in [0.25, 0.3) is 0 Å². The summed E-state index contributed by atoms with van der Waals surface area (Å²) in [6, 6.07) is 8.97. The molecule has 3 amide bonds. The number of Topliss-reactive ketones (excluding diaryl/α,β-unsaturated/α-hetero) is 1. The van der Waals surface area contributed by atoms with Gasteiger partial charge >= 0.3 is 0 Å². The molecule has 0 saturated carbocycles. The van der Waals surface area contributed by atoms with Crippen LogP contribution in [0, 0.1) is 23.0 Å². The summed E-state index contributed by atoms with van der Waals surface area (Å²) in [6.07, 6.45) is 0.202. The predicted octanol–water partition coefficient (Wildman–Crippen LogP) is 2.45. The Morgan fingerprint density at radius 2 is 1.53 bits per heavy atom. The average molecular weight is 501 g/mol. The predicted molar refractivity (Wildman–Crippen MR) is 130 cm³/mol. The lowest BCUT2D eigenvalue weighted by Crippen LogP contribution is -2.55. The van der Waals surface area contributed by atoms with Crippen LogP contribution >= 0.6 is 0 Å². The van der Waals surface area contributed by atoms with Crippen molar-refractivity contribution in [3.8, 4) is 0 Å². The number of ketones is 1. The van der Waals surface area contributed by atoms with E-state index in [1.165, 1.54) is 42.5 Å². The quantitative estimate of drug-likeness (QED) is 0.315. The number of benzene rings is 2. The summed E-state index contributed by atoms with van der Waals surface area (Å²) < 4.78 is 27.4. The molecule has 0 aliphatic carbocycles. The van der Waals surface area contributed by atoms with Gasteiger partial charge in [0, 0.05) is 25.3 Å². The average Bonchev–Trinajstić information content (AvgIpc) is 2.86. The zero-order valence-electron chi connectivity index (χ0n) is 20.1. The topological polar surface area (TPSA) is 128 Å². The maximum absolute atomic E-state index is 14.2. The minimum atomic E-state index is -1.18. The third-order valence-corrected chi connectivity index (χ3v) is 5.39. The minimum absolute atomic E-state index is 0.0484. The van der Waals surface area contributed by atoms with Crippen molar-refractivity contribution in [3.05, 3.63) is 71.3 Å². The summed E-state index contributed by atoms with van der Waals surface area (Å²) in [5.41, 5.74) is 0.824. The number of carbonyl (C=O) groups is 4. The van der Waals surface area contributed by atoms with Gasteiger partial charge < -0.3 is 21.4 Å². The monoisotopic (exact) mass is 500 g/mol. The Bertz CT molecular complexity index is 1090. The number of carbonyl (C=O) groups excluding carboxylic acids is 4. The minimum Gasteiger partial charge on any atom is -0.350 e. The lowest BCUT2D eigenvalue weighted by Gasteiger charge is -2.24. The van der Waals surface area contributed by atoms with Crippen LogP contribution < -0.4 is 16.0 Å². The van der Waals surface area contributed by atoms with Crippen molar-refractivity contribution in [2.75, 3.05) is 0 Å². The fraction of sp³-hybridized carbons (Fsp3) is 0.346. The molecule has 0 bridgehead atoms. The number of hydrogen-bond acceptors (Lipinski definition) is 5. The van der Waals surface area contributed by atoms with Gasteiger partial charge in [-0.1, -0.05) is 44.2 Å². The summed E-state index contributed by atoms with van der Waals surface area (Å²) in [5, 5.41) is 14.8. The number of nitrogens with one attached hydrogen (secondary N) is 4. The first-order valence-corrected chi connectivity index (χ1v) is 11.5. The molecule has 0 unspecified atom stereocenters. The van der Waals surface area contributed by atoms with Crippen molar-refractivity contribution in [1.82, 2.24) is 16.0 Å². The molecule has 0 aromatic heterocycles. The lowest BCUT2D eigenvalue weighted by atomic mass is 10.0. The van der Waals surface area contributed by atoms with E-state index >= 15 is 0 Å². The summed E-state index contributed by atoms with van der Waals surface area (Å²) >= 11 is 0. The van der Waals surface area contributed by atoms with Crippen LogP contribution in [0.2, 0.25) is 0 Å². The van der Waals surface area contributed by atoms with E-state index < -0.39 is 53.1 Å². The van der Waals surface area contributed by atoms with Crippen molar-refractivity contribution in [1.29, 1.82) is 5.41 Å². The van der Waals surface area contributed by atoms with Gasteiger partial charge in [-0.15, -0.1) is 0 Å². The Balaban J connectivity index is 2.19. The molecular weight excluding hydrogens is 470 g/mol. The third kappa shape index (κ3) is 9.01. The molecule has 0 heterocycles. The van der Waals surface area contributed by atoms with Crippen LogP contribution in [0.3, 0.4) is 0 Å². The summed E-state index contributed by atoms with van der Waals surface area (Å²) in [6.45, 7) is 3.33. The van der Waals surface area contributed by atoms with Crippen LogP contribution in [0.4, 0.5) is 8.78 Å². The number of halogens is 2. The van der Waals surface area contributed by atoms with E-state index in [-0.39, 0.29) is 31.4 Å². The lowest BCUT2D eigenvalue weighted by molar-refractivity contribution is -0.133. The van der Waals surface area contributed by atoms with Crippen LogP contribution in [-0.4, -0.2) is 41.8 Å². The number of amides is 3. The molecule has 2 aromatic rings. The second-order valence-corrected chi connectivity index (χ2v) is 8.57. The largest absolute Gasteiger partial charge is 0.350 e. The molecule has 0 saturated heterocycles. The fourth-order valence-corrected chi connectivity index (χ4v) is 3.25. The molecule has 2 atom stereocenters. The van der Waals surface area contributed by atoms with Gasteiger partial charge in [-0.05, 0) is 35.7 Å². The summed E-state index contributed by atoms with van der Waals surface area (Å²) in [5.74, 6) is -3.70. The van der Waals surface area contributed by atoms with Crippen molar-refractivity contribution in [2.45, 2.75) is 51.7 Å². The van der Waals surface area contributed by atoms with Gasteiger partial charge in [-0.2, -0.15) is 0 Å². The van der Waals surface area contributed by atoms with Crippen LogP contribution in [-0.2, 0) is 32.1 Å². The van der Waals surface area contributed by atoms with Gasteiger partial charge in [0.05, 0.1) is 6.21 Å². The highest BCUT2D eigenvalue weighted by Gasteiger charge is 2.28. The van der Waals surface area contributed by atoms with Gasteiger partial charge in [0.25, 0.3) is 0 Å². The molecule has 2 rings (SSSR count). The van der Waals surface area contributed by atoms with E-state index in [1.807, 2.05) is 0 Å². The van der Waals surface area contributed by atoms with Crippen molar-refractivity contribution in [3.63, 3.8) is 0 Å². The highest BCUT2D eigenvalue weighted by molar-refractivity contribution is 6.26. The third-order valence-electron chi connectivity index (χ3n) is 5.39. The first kappa shape index (κ1) is 28.3. The molecule has 0 aliphatic rings. The Morgan fingerprint density at radius 3 is 2.14 bits per heavy atom. The SMILES string of the molecule is CC(C)C(=O)N[C@@H](Cc1ccccc1F)C(=O)N[C@@H](CCC(=O)C=N)C(=O)NCc1ccc(F)cc1. The second-order valence-electron chi connectivity index (χ2n) is 8.57. The number of hydrogen-bond donors (Lipinski definition) is 4. The van der Waals surface area contributed by atoms with Gasteiger partial charge in [0.2, 0.25) is 17.7 Å². The Morgan fingerprint density at radius 1 is 0.889 bits per heavy atom. The van der Waals surface area contributed by atoms with E-state index in [0.717, 1.165) is 0 Å². The summed E-state index contributed by atoms with van der Waals surface area (Å²) in [7, 11) is 0. The Kier molecular flexibility index (Phi) is 10.9. The maximum atomic E-state index is 14.2. The molecule has 0 spiro atoms. The number of rotatable bonds is 13. The van der Waals surface area contributed by atoms with Crippen molar-refractivity contribution in [2.24, 2.45) is 5.92 Å². The molecule has 2 aromatic carbocycles. The summed E-state index contributed by atoms with van der Waals surface area (Å²) in [4.78, 5) is 50.0. The van der Waals surface area contributed by atoms with E-state index in [4.69, 9.17) is 5.41 Å². The van der Waals surface area contributed by atoms with E-state index in [0.29, 0.717) is 11.8 Å². The van der Waals surface area contributed by atoms with Gasteiger partial charge in [-0.3, -0.25) is 19.2 Å². The molecule has 0 fully saturated rings. The highest BCUT2D eigenvalue weighted by Crippen LogP contribution is 2.11. The zero-order chi connectivity index (χ0) is 26.7.